The van der Waals surface area contributed by atoms with Crippen molar-refractivity contribution in [2.45, 2.75) is 52.6 Å². The summed E-state index contributed by atoms with van der Waals surface area (Å²) in [6.45, 7) is 6.52. The zero-order valence-corrected chi connectivity index (χ0v) is 12.0. The van der Waals surface area contributed by atoms with E-state index in [0.29, 0.717) is 24.2 Å². The van der Waals surface area contributed by atoms with Crippen molar-refractivity contribution in [2.75, 3.05) is 0 Å². The maximum absolute atomic E-state index is 12.0. The van der Waals surface area contributed by atoms with E-state index in [1.807, 2.05) is 0 Å². The predicted molar refractivity (Wildman–Crippen MR) is 70.5 cm³/mol. The zero-order valence-electron chi connectivity index (χ0n) is 12.0. The van der Waals surface area contributed by atoms with Gasteiger partial charge in [0.1, 0.15) is 6.10 Å². The number of aliphatic carboxylic acids is 1. The number of ether oxygens (including phenoxy) is 1. The average Bonchev–Trinajstić information content (AvgIpc) is 3.08. The van der Waals surface area contributed by atoms with Crippen LogP contribution in [0.4, 0.5) is 0 Å². The van der Waals surface area contributed by atoms with E-state index in [1.54, 1.807) is 0 Å². The Morgan fingerprint density at radius 2 is 1.84 bits per heavy atom. The van der Waals surface area contributed by atoms with Gasteiger partial charge in [0.05, 0.1) is 11.8 Å². The molecule has 2 rings (SSSR count). The van der Waals surface area contributed by atoms with Crippen LogP contribution in [0.1, 0.15) is 46.5 Å². The molecule has 0 aromatic carbocycles. The predicted octanol–water partition coefficient (Wildman–Crippen LogP) is 2.71. The van der Waals surface area contributed by atoms with Gasteiger partial charge in [-0.3, -0.25) is 9.59 Å². The number of carbonyl (C=O) groups excluding carboxylic acids is 1. The highest BCUT2D eigenvalue weighted by atomic mass is 16.5. The van der Waals surface area contributed by atoms with Gasteiger partial charge in [-0.2, -0.15) is 0 Å². The first-order valence-corrected chi connectivity index (χ1v) is 7.33. The Morgan fingerprint density at radius 1 is 1.16 bits per heavy atom. The summed E-state index contributed by atoms with van der Waals surface area (Å²) in [5, 5.41) is 8.85. The van der Waals surface area contributed by atoms with Crippen LogP contribution in [0.5, 0.6) is 0 Å². The van der Waals surface area contributed by atoms with Crippen molar-refractivity contribution in [3.63, 3.8) is 0 Å². The molecule has 0 amide bonds. The Hall–Kier alpha value is -1.06. The molecule has 4 heteroatoms. The topological polar surface area (TPSA) is 63.6 Å². The summed E-state index contributed by atoms with van der Waals surface area (Å²) in [6, 6.07) is 0. The van der Waals surface area contributed by atoms with E-state index in [0.717, 1.165) is 12.8 Å². The summed E-state index contributed by atoms with van der Waals surface area (Å²) in [4.78, 5) is 22.8. The highest BCUT2D eigenvalue weighted by molar-refractivity contribution is 5.86. The summed E-state index contributed by atoms with van der Waals surface area (Å²) in [7, 11) is 0. The SMILES string of the molecule is CC(C)[C@@H]1CC[C@@H](C)C[C@H]1OC(=O)C1C[C@@H]1C(=O)O. The first-order valence-electron chi connectivity index (χ1n) is 7.33. The molecule has 4 nitrogen and oxygen atoms in total. The van der Waals surface area contributed by atoms with Crippen molar-refractivity contribution >= 4 is 11.9 Å². The van der Waals surface area contributed by atoms with Crippen LogP contribution in [0.15, 0.2) is 0 Å². The summed E-state index contributed by atoms with van der Waals surface area (Å²) < 4.78 is 5.64. The van der Waals surface area contributed by atoms with E-state index in [-0.39, 0.29) is 12.1 Å². The summed E-state index contributed by atoms with van der Waals surface area (Å²) in [6.07, 6.45) is 3.63. The monoisotopic (exact) mass is 268 g/mol. The van der Waals surface area contributed by atoms with Crippen molar-refractivity contribution in [3.8, 4) is 0 Å². The van der Waals surface area contributed by atoms with E-state index in [1.165, 1.54) is 6.42 Å². The molecule has 1 N–H and O–H groups in total. The molecule has 19 heavy (non-hydrogen) atoms. The van der Waals surface area contributed by atoms with Gasteiger partial charge in [-0.1, -0.05) is 27.2 Å². The van der Waals surface area contributed by atoms with Gasteiger partial charge in [0, 0.05) is 0 Å². The van der Waals surface area contributed by atoms with Crippen LogP contribution >= 0.6 is 0 Å². The summed E-state index contributed by atoms with van der Waals surface area (Å²) in [5.41, 5.74) is 0. The molecule has 0 heterocycles. The van der Waals surface area contributed by atoms with E-state index in [2.05, 4.69) is 20.8 Å². The lowest BCUT2D eigenvalue weighted by Gasteiger charge is -2.36. The second-order valence-corrected chi connectivity index (χ2v) is 6.59. The number of hydrogen-bond donors (Lipinski definition) is 1. The number of esters is 1. The molecular formula is C15H24O4. The lowest BCUT2D eigenvalue weighted by molar-refractivity contribution is -0.159. The van der Waals surface area contributed by atoms with E-state index < -0.39 is 17.8 Å². The van der Waals surface area contributed by atoms with Crippen LogP contribution in [-0.2, 0) is 14.3 Å². The molecule has 0 spiro atoms. The molecule has 1 unspecified atom stereocenters. The van der Waals surface area contributed by atoms with Crippen molar-refractivity contribution in [2.24, 2.45) is 29.6 Å². The van der Waals surface area contributed by atoms with Crippen molar-refractivity contribution < 1.29 is 19.4 Å². The maximum Gasteiger partial charge on any atom is 0.310 e. The lowest BCUT2D eigenvalue weighted by Crippen LogP contribution is -2.36. The zero-order chi connectivity index (χ0) is 14.2. The molecule has 0 aromatic heterocycles. The second-order valence-electron chi connectivity index (χ2n) is 6.59. The molecule has 2 aliphatic rings. The van der Waals surface area contributed by atoms with Crippen LogP contribution in [0.25, 0.3) is 0 Å². The van der Waals surface area contributed by atoms with Gasteiger partial charge in [-0.05, 0) is 37.0 Å². The van der Waals surface area contributed by atoms with Gasteiger partial charge in [0.15, 0.2) is 0 Å². The van der Waals surface area contributed by atoms with Crippen LogP contribution in [-0.4, -0.2) is 23.1 Å². The van der Waals surface area contributed by atoms with Crippen molar-refractivity contribution in [3.05, 3.63) is 0 Å². The molecule has 108 valence electrons. The normalized spacial score (nSPS) is 38.0. The summed E-state index contributed by atoms with van der Waals surface area (Å²) in [5.74, 6) is -0.575. The quantitative estimate of drug-likeness (QED) is 0.796. The fourth-order valence-corrected chi connectivity index (χ4v) is 3.22. The fourth-order valence-electron chi connectivity index (χ4n) is 3.22. The Morgan fingerprint density at radius 3 is 2.37 bits per heavy atom. The third-order valence-electron chi connectivity index (χ3n) is 4.64. The minimum atomic E-state index is -0.876. The minimum absolute atomic E-state index is 0.0219. The number of hydrogen-bond acceptors (Lipinski definition) is 3. The molecule has 2 aliphatic carbocycles. The summed E-state index contributed by atoms with van der Waals surface area (Å²) >= 11 is 0. The average molecular weight is 268 g/mol. The van der Waals surface area contributed by atoms with E-state index in [9.17, 15) is 9.59 Å². The highest BCUT2D eigenvalue weighted by Gasteiger charge is 2.50. The fraction of sp³-hybridized carbons (Fsp3) is 0.867. The second kappa shape index (κ2) is 5.51. The third kappa shape index (κ3) is 3.28. The van der Waals surface area contributed by atoms with Crippen LogP contribution in [0.2, 0.25) is 0 Å². The van der Waals surface area contributed by atoms with Gasteiger partial charge >= 0.3 is 11.9 Å². The number of carboxylic acids is 1. The van der Waals surface area contributed by atoms with Gasteiger partial charge in [-0.15, -0.1) is 0 Å². The Kier molecular flexibility index (Phi) is 4.16. The Balaban J connectivity index is 1.92. The smallest absolute Gasteiger partial charge is 0.310 e. The Bertz CT molecular complexity index is 363. The molecule has 0 bridgehead atoms. The first kappa shape index (κ1) is 14.4. The number of carbonyl (C=O) groups is 2. The number of carboxylic acid groups (broad SMARTS) is 1. The standard InChI is InChI=1S/C15H24O4/c1-8(2)10-5-4-9(3)6-13(10)19-15(18)12-7-11(12)14(16)17/h8-13H,4-7H2,1-3H3,(H,16,17)/t9-,10+,11+,12?,13-/m1/s1. The molecule has 2 fully saturated rings. The van der Waals surface area contributed by atoms with Gasteiger partial charge in [-0.25, -0.2) is 0 Å². The van der Waals surface area contributed by atoms with Crippen LogP contribution in [0.3, 0.4) is 0 Å². The molecular weight excluding hydrogens is 244 g/mol. The maximum atomic E-state index is 12.0. The van der Waals surface area contributed by atoms with Crippen LogP contribution in [0, 0.1) is 29.6 Å². The number of rotatable bonds is 4. The molecule has 5 atom stereocenters. The molecule has 0 radical (unpaired) electrons. The highest BCUT2D eigenvalue weighted by Crippen LogP contribution is 2.42. The van der Waals surface area contributed by atoms with Gasteiger partial charge in [0.2, 0.25) is 0 Å². The first-order chi connectivity index (χ1) is 8.90. The van der Waals surface area contributed by atoms with Crippen molar-refractivity contribution in [1.82, 2.24) is 0 Å². The van der Waals surface area contributed by atoms with Crippen molar-refractivity contribution in [1.29, 1.82) is 0 Å². The minimum Gasteiger partial charge on any atom is -0.481 e. The molecule has 0 aliphatic heterocycles. The van der Waals surface area contributed by atoms with Crippen LogP contribution < -0.4 is 0 Å². The van der Waals surface area contributed by atoms with Gasteiger partial charge < -0.3 is 9.84 Å². The van der Waals surface area contributed by atoms with E-state index >= 15 is 0 Å². The molecule has 0 saturated heterocycles. The third-order valence-corrected chi connectivity index (χ3v) is 4.64. The largest absolute Gasteiger partial charge is 0.481 e. The lowest BCUT2D eigenvalue weighted by atomic mass is 9.75. The molecule has 2 saturated carbocycles. The van der Waals surface area contributed by atoms with E-state index in [4.69, 9.17) is 9.84 Å². The van der Waals surface area contributed by atoms with Gasteiger partial charge in [0.25, 0.3) is 0 Å². The Labute approximate surface area is 114 Å². The molecule has 0 aromatic rings.